The molecular formula is C13H15FN2O3. The molecular weight excluding hydrogens is 251 g/mol. The van der Waals surface area contributed by atoms with Gasteiger partial charge in [0.1, 0.15) is 0 Å². The quantitative estimate of drug-likeness (QED) is 0.675. The van der Waals surface area contributed by atoms with E-state index >= 15 is 0 Å². The number of nitro benzene ring substituents is 1. The van der Waals surface area contributed by atoms with Crippen molar-refractivity contribution in [3.8, 4) is 0 Å². The Morgan fingerprint density at radius 2 is 2.00 bits per heavy atom. The fraction of sp³-hybridized carbons (Fsp3) is 0.462. The van der Waals surface area contributed by atoms with Gasteiger partial charge in [-0.15, -0.1) is 0 Å². The minimum Gasteiger partial charge on any atom is -0.349 e. The summed E-state index contributed by atoms with van der Waals surface area (Å²) in [5, 5.41) is 13.3. The molecule has 6 heteroatoms. The van der Waals surface area contributed by atoms with Crippen LogP contribution < -0.4 is 5.32 Å². The molecule has 1 aliphatic rings. The Morgan fingerprint density at radius 1 is 1.32 bits per heavy atom. The predicted octanol–water partition coefficient (Wildman–Crippen LogP) is 2.80. The summed E-state index contributed by atoms with van der Waals surface area (Å²) in [6, 6.07) is 3.33. The number of hydrogen-bond donors (Lipinski definition) is 1. The van der Waals surface area contributed by atoms with Crippen molar-refractivity contribution in [1.82, 2.24) is 5.32 Å². The monoisotopic (exact) mass is 266 g/mol. The van der Waals surface area contributed by atoms with Gasteiger partial charge in [0.15, 0.2) is 0 Å². The maximum Gasteiger partial charge on any atom is 0.304 e. The Balaban J connectivity index is 2.06. The number of nitro groups is 1. The van der Waals surface area contributed by atoms with Crippen molar-refractivity contribution in [3.63, 3.8) is 0 Å². The van der Waals surface area contributed by atoms with E-state index in [1.54, 1.807) is 0 Å². The van der Waals surface area contributed by atoms with E-state index in [0.29, 0.717) is 0 Å². The topological polar surface area (TPSA) is 72.2 Å². The van der Waals surface area contributed by atoms with Crippen molar-refractivity contribution in [2.24, 2.45) is 0 Å². The van der Waals surface area contributed by atoms with Gasteiger partial charge < -0.3 is 5.32 Å². The van der Waals surface area contributed by atoms with E-state index in [-0.39, 0.29) is 17.5 Å². The molecule has 1 N–H and O–H groups in total. The highest BCUT2D eigenvalue weighted by Crippen LogP contribution is 2.20. The molecule has 1 amide bonds. The SMILES string of the molecule is O=C(NC1CCCCC1)c1ccc([N+](=O)[O-])c(F)c1. The number of amides is 1. The summed E-state index contributed by atoms with van der Waals surface area (Å²) in [6.45, 7) is 0. The van der Waals surface area contributed by atoms with E-state index in [2.05, 4.69) is 5.32 Å². The number of halogens is 1. The third-order valence-electron chi connectivity index (χ3n) is 3.35. The first-order valence-corrected chi connectivity index (χ1v) is 6.33. The van der Waals surface area contributed by atoms with Crippen LogP contribution in [-0.4, -0.2) is 16.9 Å². The highest BCUT2D eigenvalue weighted by molar-refractivity contribution is 5.94. The summed E-state index contributed by atoms with van der Waals surface area (Å²) in [5.41, 5.74) is -0.497. The second-order valence-corrected chi connectivity index (χ2v) is 4.73. The number of rotatable bonds is 3. The predicted molar refractivity (Wildman–Crippen MR) is 67.4 cm³/mol. The first kappa shape index (κ1) is 13.5. The molecule has 102 valence electrons. The molecule has 0 atom stereocenters. The van der Waals surface area contributed by atoms with Crippen LogP contribution >= 0.6 is 0 Å². The fourth-order valence-corrected chi connectivity index (χ4v) is 2.31. The first-order valence-electron chi connectivity index (χ1n) is 6.33. The molecule has 0 spiro atoms. The summed E-state index contributed by atoms with van der Waals surface area (Å²) in [5.74, 6) is -1.36. The van der Waals surface area contributed by atoms with Crippen molar-refractivity contribution >= 4 is 11.6 Å². The van der Waals surface area contributed by atoms with Crippen LogP contribution in [0.3, 0.4) is 0 Å². The van der Waals surface area contributed by atoms with Gasteiger partial charge in [0, 0.05) is 17.7 Å². The maximum atomic E-state index is 13.4. The lowest BCUT2D eigenvalue weighted by molar-refractivity contribution is -0.387. The Kier molecular flexibility index (Phi) is 4.09. The third kappa shape index (κ3) is 3.27. The van der Waals surface area contributed by atoms with Crippen LogP contribution in [-0.2, 0) is 0 Å². The Morgan fingerprint density at radius 3 is 2.58 bits per heavy atom. The highest BCUT2D eigenvalue weighted by atomic mass is 19.1. The Labute approximate surface area is 110 Å². The van der Waals surface area contributed by atoms with Gasteiger partial charge in [0.25, 0.3) is 5.91 Å². The van der Waals surface area contributed by atoms with E-state index in [9.17, 15) is 19.3 Å². The number of nitrogens with one attached hydrogen (secondary N) is 1. The van der Waals surface area contributed by atoms with Crippen molar-refractivity contribution in [2.75, 3.05) is 0 Å². The summed E-state index contributed by atoms with van der Waals surface area (Å²) < 4.78 is 13.4. The third-order valence-corrected chi connectivity index (χ3v) is 3.35. The molecule has 0 aliphatic heterocycles. The molecule has 1 fully saturated rings. The number of hydrogen-bond acceptors (Lipinski definition) is 3. The molecule has 0 bridgehead atoms. The average molecular weight is 266 g/mol. The molecule has 1 saturated carbocycles. The molecule has 2 rings (SSSR count). The molecule has 1 aliphatic carbocycles. The van der Waals surface area contributed by atoms with Gasteiger partial charge in [-0.25, -0.2) is 0 Å². The number of benzene rings is 1. The number of carbonyl (C=O) groups is 1. The zero-order valence-electron chi connectivity index (χ0n) is 10.4. The summed E-state index contributed by atoms with van der Waals surface area (Å²) in [7, 11) is 0. The number of carbonyl (C=O) groups excluding carboxylic acids is 1. The number of nitrogens with zero attached hydrogens (tertiary/aromatic N) is 1. The lowest BCUT2D eigenvalue weighted by Crippen LogP contribution is -2.36. The smallest absolute Gasteiger partial charge is 0.304 e. The van der Waals surface area contributed by atoms with Crippen molar-refractivity contribution < 1.29 is 14.1 Å². The van der Waals surface area contributed by atoms with Crippen molar-refractivity contribution in [1.29, 1.82) is 0 Å². The van der Waals surface area contributed by atoms with Crippen molar-refractivity contribution in [3.05, 3.63) is 39.7 Å². The fourth-order valence-electron chi connectivity index (χ4n) is 2.31. The zero-order chi connectivity index (χ0) is 13.8. The summed E-state index contributed by atoms with van der Waals surface area (Å²) >= 11 is 0. The van der Waals surface area contributed by atoms with Gasteiger partial charge in [-0.3, -0.25) is 14.9 Å². The molecule has 0 heterocycles. The standard InChI is InChI=1S/C13H15FN2O3/c14-11-8-9(6-7-12(11)16(18)19)13(17)15-10-4-2-1-3-5-10/h6-8,10H,1-5H2,(H,15,17). The van der Waals surface area contributed by atoms with Gasteiger partial charge in [-0.05, 0) is 25.0 Å². The van der Waals surface area contributed by atoms with Gasteiger partial charge in [-0.1, -0.05) is 19.3 Å². The van der Waals surface area contributed by atoms with Crippen LogP contribution in [0.1, 0.15) is 42.5 Å². The molecule has 1 aromatic rings. The van der Waals surface area contributed by atoms with Gasteiger partial charge >= 0.3 is 5.69 Å². The van der Waals surface area contributed by atoms with E-state index in [4.69, 9.17) is 0 Å². The van der Waals surface area contributed by atoms with E-state index < -0.39 is 16.4 Å². The minimum absolute atomic E-state index is 0.119. The lowest BCUT2D eigenvalue weighted by atomic mass is 9.95. The maximum absolute atomic E-state index is 13.4. The van der Waals surface area contributed by atoms with Gasteiger partial charge in [-0.2, -0.15) is 4.39 Å². The summed E-state index contributed by atoms with van der Waals surface area (Å²) in [6.07, 6.45) is 5.21. The Bertz CT molecular complexity index is 499. The molecule has 0 radical (unpaired) electrons. The molecule has 0 aromatic heterocycles. The minimum atomic E-state index is -0.985. The second-order valence-electron chi connectivity index (χ2n) is 4.73. The summed E-state index contributed by atoms with van der Waals surface area (Å²) in [4.78, 5) is 21.6. The molecule has 19 heavy (non-hydrogen) atoms. The zero-order valence-corrected chi connectivity index (χ0v) is 10.4. The van der Waals surface area contributed by atoms with E-state index in [1.165, 1.54) is 12.5 Å². The van der Waals surface area contributed by atoms with E-state index in [0.717, 1.165) is 37.8 Å². The molecule has 0 unspecified atom stereocenters. The normalized spacial score (nSPS) is 16.1. The van der Waals surface area contributed by atoms with Crippen LogP contribution in [0, 0.1) is 15.9 Å². The largest absolute Gasteiger partial charge is 0.349 e. The van der Waals surface area contributed by atoms with Crippen LogP contribution in [0.5, 0.6) is 0 Å². The van der Waals surface area contributed by atoms with Crippen LogP contribution in [0.25, 0.3) is 0 Å². The van der Waals surface area contributed by atoms with Crippen LogP contribution in [0.2, 0.25) is 0 Å². The van der Waals surface area contributed by atoms with Crippen LogP contribution in [0.4, 0.5) is 10.1 Å². The lowest BCUT2D eigenvalue weighted by Gasteiger charge is -2.22. The van der Waals surface area contributed by atoms with Crippen molar-refractivity contribution in [2.45, 2.75) is 38.1 Å². The van der Waals surface area contributed by atoms with Gasteiger partial charge in [0.2, 0.25) is 5.82 Å². The van der Waals surface area contributed by atoms with Gasteiger partial charge in [0.05, 0.1) is 4.92 Å². The molecule has 0 saturated heterocycles. The highest BCUT2D eigenvalue weighted by Gasteiger charge is 2.19. The first-order chi connectivity index (χ1) is 9.08. The molecule has 5 nitrogen and oxygen atoms in total. The Hall–Kier alpha value is -1.98. The second kappa shape index (κ2) is 5.77. The van der Waals surface area contributed by atoms with Crippen LogP contribution in [0.15, 0.2) is 18.2 Å². The molecule has 1 aromatic carbocycles. The average Bonchev–Trinajstić information content (AvgIpc) is 2.39. The van der Waals surface area contributed by atoms with E-state index in [1.807, 2.05) is 0 Å².